The highest BCUT2D eigenvalue weighted by Gasteiger charge is 2.16. The van der Waals surface area contributed by atoms with Crippen LogP contribution in [0, 0.1) is 0 Å². The summed E-state index contributed by atoms with van der Waals surface area (Å²) in [6.07, 6.45) is 1.82. The number of aryl methyl sites for hydroxylation is 1. The Bertz CT molecular complexity index is 1080. The second kappa shape index (κ2) is 9.45. The Morgan fingerprint density at radius 1 is 1.10 bits per heavy atom. The molecule has 7 heteroatoms. The molecule has 2 aromatic carbocycles. The van der Waals surface area contributed by atoms with Crippen LogP contribution in [0.25, 0.3) is 10.9 Å². The Morgan fingerprint density at radius 3 is 2.59 bits per heavy atom. The van der Waals surface area contributed by atoms with Crippen LogP contribution < -0.4 is 10.5 Å². The molecule has 0 spiro atoms. The van der Waals surface area contributed by atoms with E-state index < -0.39 is 5.97 Å². The first kappa shape index (κ1) is 20.0. The molecule has 0 aliphatic heterocycles. The van der Waals surface area contributed by atoms with Crippen LogP contribution in [0.15, 0.2) is 72.0 Å². The Balaban J connectivity index is 1.56. The van der Waals surface area contributed by atoms with E-state index in [2.05, 4.69) is 16.5 Å². The van der Waals surface area contributed by atoms with Gasteiger partial charge in [0.25, 0.3) is 11.5 Å². The minimum atomic E-state index is -0.541. The van der Waals surface area contributed by atoms with Gasteiger partial charge in [-0.05, 0) is 24.3 Å². The average molecular weight is 391 g/mol. The van der Waals surface area contributed by atoms with Crippen molar-refractivity contribution in [2.24, 2.45) is 0 Å². The predicted molar refractivity (Wildman–Crippen MR) is 111 cm³/mol. The van der Waals surface area contributed by atoms with E-state index in [0.29, 0.717) is 29.0 Å². The Kier molecular flexibility index (Phi) is 6.52. The van der Waals surface area contributed by atoms with Crippen molar-refractivity contribution < 1.29 is 14.3 Å². The number of amides is 1. The maximum Gasteiger partial charge on any atom is 0.306 e. The van der Waals surface area contributed by atoms with Gasteiger partial charge in [0.2, 0.25) is 0 Å². The summed E-state index contributed by atoms with van der Waals surface area (Å²) >= 11 is 0. The Labute approximate surface area is 167 Å². The molecular formula is C22H21N3O4. The summed E-state index contributed by atoms with van der Waals surface area (Å²) in [7, 11) is 0. The fraction of sp³-hybridized carbons (Fsp3) is 0.182. The van der Waals surface area contributed by atoms with Gasteiger partial charge in [-0.1, -0.05) is 36.4 Å². The van der Waals surface area contributed by atoms with Crippen LogP contribution in [0.1, 0.15) is 12.2 Å². The largest absolute Gasteiger partial charge is 0.456 e. The minimum absolute atomic E-state index is 0.00134. The van der Waals surface area contributed by atoms with E-state index >= 15 is 0 Å². The van der Waals surface area contributed by atoms with Crippen molar-refractivity contribution in [3.05, 3.63) is 83.4 Å². The first-order valence-corrected chi connectivity index (χ1v) is 9.18. The molecule has 1 aromatic heterocycles. The summed E-state index contributed by atoms with van der Waals surface area (Å²) in [5.74, 6) is -0.489. The second-order valence-corrected chi connectivity index (χ2v) is 6.32. The normalized spacial score (nSPS) is 10.5. The lowest BCUT2D eigenvalue weighted by atomic mass is 10.2. The van der Waals surface area contributed by atoms with Crippen molar-refractivity contribution >= 4 is 28.5 Å². The van der Waals surface area contributed by atoms with E-state index in [1.54, 1.807) is 42.5 Å². The topological polar surface area (TPSA) is 92.4 Å². The van der Waals surface area contributed by atoms with Crippen molar-refractivity contribution in [1.29, 1.82) is 0 Å². The van der Waals surface area contributed by atoms with Gasteiger partial charge in [-0.3, -0.25) is 14.4 Å². The van der Waals surface area contributed by atoms with E-state index in [4.69, 9.17) is 4.74 Å². The number of aromatic amines is 1. The van der Waals surface area contributed by atoms with E-state index in [9.17, 15) is 14.4 Å². The number of rotatable bonds is 8. The number of carbonyl (C=O) groups is 2. The molecule has 1 amide bonds. The van der Waals surface area contributed by atoms with Gasteiger partial charge in [0.1, 0.15) is 5.82 Å². The zero-order valence-electron chi connectivity index (χ0n) is 15.8. The monoisotopic (exact) mass is 391 g/mol. The van der Waals surface area contributed by atoms with E-state index in [1.165, 1.54) is 4.90 Å². The molecule has 0 aliphatic carbocycles. The lowest BCUT2D eigenvalue weighted by Gasteiger charge is -2.21. The average Bonchev–Trinajstić information content (AvgIpc) is 2.75. The molecule has 0 radical (unpaired) electrons. The molecule has 0 fully saturated rings. The number of ether oxygens (including phenoxy) is 1. The quantitative estimate of drug-likeness (QED) is 0.471. The third-order valence-corrected chi connectivity index (χ3v) is 4.27. The summed E-state index contributed by atoms with van der Waals surface area (Å²) in [6.45, 7) is 3.59. The number of nitrogens with zero attached hydrogens (tertiary/aromatic N) is 2. The lowest BCUT2D eigenvalue weighted by Crippen LogP contribution is -2.34. The maximum absolute atomic E-state index is 12.4. The molecule has 148 valence electrons. The molecule has 1 N–H and O–H groups in total. The van der Waals surface area contributed by atoms with Gasteiger partial charge in [0, 0.05) is 18.7 Å². The fourth-order valence-corrected chi connectivity index (χ4v) is 2.85. The summed E-state index contributed by atoms with van der Waals surface area (Å²) in [4.78, 5) is 45.1. The SMILES string of the molecule is C=CCN(C(=O)COC(=O)CCc1nc2ccccc2c(=O)[nH]1)c1ccccc1. The third-order valence-electron chi connectivity index (χ3n) is 4.27. The van der Waals surface area contributed by atoms with Crippen LogP contribution in [-0.2, 0) is 20.7 Å². The molecule has 0 aliphatic rings. The maximum atomic E-state index is 12.4. The molecule has 1 heterocycles. The van der Waals surface area contributed by atoms with Crippen molar-refractivity contribution in [1.82, 2.24) is 9.97 Å². The van der Waals surface area contributed by atoms with Crippen LogP contribution in [0.3, 0.4) is 0 Å². The standard InChI is InChI=1S/C22H21N3O4/c1-2-14-25(16-8-4-3-5-9-16)20(26)15-29-21(27)13-12-19-23-18-11-7-6-10-17(18)22(28)24-19/h2-11H,1,12-15H2,(H,23,24,28). The summed E-state index contributed by atoms with van der Waals surface area (Å²) < 4.78 is 5.11. The highest BCUT2D eigenvalue weighted by atomic mass is 16.5. The number of H-pyrrole nitrogens is 1. The van der Waals surface area contributed by atoms with Crippen LogP contribution >= 0.6 is 0 Å². The Morgan fingerprint density at radius 2 is 1.83 bits per heavy atom. The predicted octanol–water partition coefficient (Wildman–Crippen LogP) is 2.62. The van der Waals surface area contributed by atoms with Gasteiger partial charge in [-0.2, -0.15) is 0 Å². The van der Waals surface area contributed by atoms with Gasteiger partial charge in [0.05, 0.1) is 17.3 Å². The van der Waals surface area contributed by atoms with Gasteiger partial charge in [-0.25, -0.2) is 4.98 Å². The fourth-order valence-electron chi connectivity index (χ4n) is 2.85. The highest BCUT2D eigenvalue weighted by molar-refractivity contribution is 5.95. The van der Waals surface area contributed by atoms with Crippen LogP contribution in [0.5, 0.6) is 0 Å². The van der Waals surface area contributed by atoms with Gasteiger partial charge in [-0.15, -0.1) is 6.58 Å². The number of benzene rings is 2. The molecule has 0 saturated carbocycles. The number of carbonyl (C=O) groups excluding carboxylic acids is 2. The van der Waals surface area contributed by atoms with E-state index in [0.717, 1.165) is 0 Å². The summed E-state index contributed by atoms with van der Waals surface area (Å²) in [5, 5.41) is 0.493. The number of nitrogens with one attached hydrogen (secondary N) is 1. The molecule has 0 bridgehead atoms. The van der Waals surface area contributed by atoms with E-state index in [1.807, 2.05) is 18.2 Å². The second-order valence-electron chi connectivity index (χ2n) is 6.32. The van der Waals surface area contributed by atoms with Crippen LogP contribution in [0.4, 0.5) is 5.69 Å². The molecule has 0 saturated heterocycles. The number of hydrogen-bond acceptors (Lipinski definition) is 5. The minimum Gasteiger partial charge on any atom is -0.456 e. The molecule has 0 unspecified atom stereocenters. The van der Waals surface area contributed by atoms with Crippen molar-refractivity contribution in [2.75, 3.05) is 18.1 Å². The third kappa shape index (κ3) is 5.16. The van der Waals surface area contributed by atoms with Crippen LogP contribution in [0.2, 0.25) is 0 Å². The number of fused-ring (bicyclic) bond motifs is 1. The highest BCUT2D eigenvalue weighted by Crippen LogP contribution is 2.13. The zero-order chi connectivity index (χ0) is 20.6. The molecule has 0 atom stereocenters. The van der Waals surface area contributed by atoms with E-state index in [-0.39, 0.29) is 30.9 Å². The first-order valence-electron chi connectivity index (χ1n) is 9.18. The van der Waals surface area contributed by atoms with Crippen molar-refractivity contribution in [3.8, 4) is 0 Å². The molecule has 3 rings (SSSR count). The lowest BCUT2D eigenvalue weighted by molar-refractivity contribution is -0.147. The molecule has 7 nitrogen and oxygen atoms in total. The first-order chi connectivity index (χ1) is 14.1. The molecule has 29 heavy (non-hydrogen) atoms. The summed E-state index contributed by atoms with van der Waals surface area (Å²) in [6, 6.07) is 16.1. The van der Waals surface area contributed by atoms with Gasteiger partial charge in [0.15, 0.2) is 6.61 Å². The Hall–Kier alpha value is -3.74. The number of aromatic nitrogens is 2. The molecule has 3 aromatic rings. The number of anilines is 1. The number of esters is 1. The van der Waals surface area contributed by atoms with Crippen molar-refractivity contribution in [2.45, 2.75) is 12.8 Å². The smallest absolute Gasteiger partial charge is 0.306 e. The van der Waals surface area contributed by atoms with Crippen molar-refractivity contribution in [3.63, 3.8) is 0 Å². The van der Waals surface area contributed by atoms with Gasteiger partial charge >= 0.3 is 5.97 Å². The number of hydrogen-bond donors (Lipinski definition) is 1. The molecular weight excluding hydrogens is 370 g/mol. The van der Waals surface area contributed by atoms with Crippen LogP contribution in [-0.4, -0.2) is 35.0 Å². The number of para-hydroxylation sites is 2. The summed E-state index contributed by atoms with van der Waals surface area (Å²) in [5.41, 5.74) is 1.01. The zero-order valence-corrected chi connectivity index (χ0v) is 15.8. The van der Waals surface area contributed by atoms with Gasteiger partial charge < -0.3 is 14.6 Å².